The van der Waals surface area contributed by atoms with Gasteiger partial charge in [0, 0.05) is 18.1 Å². The molecule has 2 unspecified atom stereocenters. The molecule has 4 heteroatoms. The number of rotatable bonds is 5. The molecule has 0 aliphatic heterocycles. The third-order valence-corrected chi connectivity index (χ3v) is 4.28. The lowest BCUT2D eigenvalue weighted by Crippen LogP contribution is -2.60. The van der Waals surface area contributed by atoms with Gasteiger partial charge in [-0.15, -0.1) is 0 Å². The van der Waals surface area contributed by atoms with E-state index in [0.29, 0.717) is 12.1 Å². The minimum Gasteiger partial charge on any atom is -0.454 e. The van der Waals surface area contributed by atoms with Gasteiger partial charge in [-0.2, -0.15) is 0 Å². The molecular formula is C13H20INO2. The quantitative estimate of drug-likeness (QED) is 0.830. The fourth-order valence-electron chi connectivity index (χ4n) is 2.39. The van der Waals surface area contributed by atoms with Gasteiger partial charge in [0.2, 0.25) is 0 Å². The first-order valence-electron chi connectivity index (χ1n) is 6.13. The van der Waals surface area contributed by atoms with Crippen LogP contribution >= 0.6 is 22.6 Å². The van der Waals surface area contributed by atoms with Crippen LogP contribution in [-0.2, 0) is 11.3 Å². The molecule has 17 heavy (non-hydrogen) atoms. The molecule has 0 amide bonds. The van der Waals surface area contributed by atoms with Crippen molar-refractivity contribution >= 4 is 22.6 Å². The summed E-state index contributed by atoms with van der Waals surface area (Å²) in [6, 6.07) is 4.54. The molecule has 2 rings (SSSR count). The third kappa shape index (κ3) is 2.85. The van der Waals surface area contributed by atoms with E-state index in [9.17, 15) is 0 Å². The van der Waals surface area contributed by atoms with Crippen LogP contribution in [0.3, 0.4) is 0 Å². The maximum atomic E-state index is 5.71. The Balaban J connectivity index is 1.82. The minimum absolute atomic E-state index is 0.218. The van der Waals surface area contributed by atoms with Gasteiger partial charge in [-0.3, -0.25) is 0 Å². The van der Waals surface area contributed by atoms with Gasteiger partial charge in [-0.25, -0.2) is 0 Å². The summed E-state index contributed by atoms with van der Waals surface area (Å²) in [5.41, 5.74) is 0.218. The van der Waals surface area contributed by atoms with Crippen molar-refractivity contribution in [3.63, 3.8) is 0 Å². The molecule has 1 aliphatic rings. The van der Waals surface area contributed by atoms with Gasteiger partial charge in [0.25, 0.3) is 0 Å². The maximum absolute atomic E-state index is 5.71. The summed E-state index contributed by atoms with van der Waals surface area (Å²) < 4.78 is 12.2. The summed E-state index contributed by atoms with van der Waals surface area (Å²) >= 11 is 2.19. The van der Waals surface area contributed by atoms with Gasteiger partial charge in [-0.05, 0) is 48.1 Å². The Labute approximate surface area is 116 Å². The van der Waals surface area contributed by atoms with Crippen LogP contribution in [0.5, 0.6) is 0 Å². The Morgan fingerprint density at radius 3 is 2.82 bits per heavy atom. The molecule has 1 saturated carbocycles. The molecule has 96 valence electrons. The second-order valence-electron chi connectivity index (χ2n) is 5.14. The highest BCUT2D eigenvalue weighted by Gasteiger charge is 2.48. The van der Waals surface area contributed by atoms with Crippen molar-refractivity contribution in [2.24, 2.45) is 5.41 Å². The first-order chi connectivity index (χ1) is 8.04. The predicted molar refractivity (Wildman–Crippen MR) is 75.9 cm³/mol. The van der Waals surface area contributed by atoms with Crippen LogP contribution in [0.4, 0.5) is 0 Å². The molecule has 1 N–H and O–H groups in total. The molecule has 3 nitrogen and oxygen atoms in total. The number of ether oxygens (including phenoxy) is 1. The zero-order valence-electron chi connectivity index (χ0n) is 10.6. The van der Waals surface area contributed by atoms with E-state index in [1.54, 1.807) is 0 Å². The standard InChI is InChI=1S/C13H20INO2/c1-4-16-11-7-10(13(11,2)3)15-8-9-5-6-12(14)17-9/h5-6,10-11,15H,4,7-8H2,1-3H3. The van der Waals surface area contributed by atoms with Crippen LogP contribution < -0.4 is 5.32 Å². The molecule has 0 spiro atoms. The zero-order valence-corrected chi connectivity index (χ0v) is 12.8. The van der Waals surface area contributed by atoms with Crippen molar-refractivity contribution in [3.8, 4) is 0 Å². The average Bonchev–Trinajstić information content (AvgIpc) is 2.68. The lowest BCUT2D eigenvalue weighted by Gasteiger charge is -2.51. The molecule has 1 heterocycles. The Hall–Kier alpha value is -0.0700. The number of hydrogen-bond acceptors (Lipinski definition) is 3. The Kier molecular flexibility index (Phi) is 4.15. The molecule has 0 saturated heterocycles. The molecule has 2 atom stereocenters. The average molecular weight is 349 g/mol. The van der Waals surface area contributed by atoms with E-state index >= 15 is 0 Å². The van der Waals surface area contributed by atoms with Gasteiger partial charge in [0.05, 0.1) is 12.6 Å². The van der Waals surface area contributed by atoms with Crippen LogP contribution in [0.15, 0.2) is 16.5 Å². The van der Waals surface area contributed by atoms with Gasteiger partial charge in [-0.1, -0.05) is 13.8 Å². The second-order valence-corrected chi connectivity index (χ2v) is 6.20. The molecule has 0 radical (unpaired) electrons. The number of hydrogen-bond donors (Lipinski definition) is 1. The Morgan fingerprint density at radius 2 is 2.29 bits per heavy atom. The van der Waals surface area contributed by atoms with Gasteiger partial charge < -0.3 is 14.5 Å². The van der Waals surface area contributed by atoms with E-state index < -0.39 is 0 Å². The first kappa shape index (κ1) is 13.4. The van der Waals surface area contributed by atoms with E-state index in [4.69, 9.17) is 9.15 Å². The largest absolute Gasteiger partial charge is 0.454 e. The molecule has 0 bridgehead atoms. The minimum atomic E-state index is 0.218. The monoisotopic (exact) mass is 349 g/mol. The highest BCUT2D eigenvalue weighted by Crippen LogP contribution is 2.42. The van der Waals surface area contributed by atoms with Gasteiger partial charge >= 0.3 is 0 Å². The van der Waals surface area contributed by atoms with Crippen LogP contribution in [0.1, 0.15) is 33.0 Å². The molecule has 1 fully saturated rings. The summed E-state index contributed by atoms with van der Waals surface area (Å²) in [6.07, 6.45) is 1.49. The summed E-state index contributed by atoms with van der Waals surface area (Å²) in [6.45, 7) is 8.19. The van der Waals surface area contributed by atoms with Crippen molar-refractivity contribution in [2.75, 3.05) is 6.61 Å². The lowest BCUT2D eigenvalue weighted by atomic mass is 9.64. The van der Waals surface area contributed by atoms with E-state index in [0.717, 1.165) is 29.1 Å². The van der Waals surface area contributed by atoms with E-state index in [1.807, 2.05) is 12.1 Å². The fourth-order valence-corrected chi connectivity index (χ4v) is 2.85. The smallest absolute Gasteiger partial charge is 0.164 e. The normalized spacial score (nSPS) is 26.8. The van der Waals surface area contributed by atoms with E-state index in [2.05, 4.69) is 48.7 Å². The number of nitrogens with one attached hydrogen (secondary N) is 1. The topological polar surface area (TPSA) is 34.4 Å². The first-order valence-corrected chi connectivity index (χ1v) is 7.21. The summed E-state index contributed by atoms with van der Waals surface area (Å²) in [5, 5.41) is 3.55. The summed E-state index contributed by atoms with van der Waals surface area (Å²) in [4.78, 5) is 0. The molecule has 1 aliphatic carbocycles. The molecule has 1 aromatic heterocycles. The Bertz CT molecular complexity index is 375. The highest BCUT2D eigenvalue weighted by molar-refractivity contribution is 14.1. The second kappa shape index (κ2) is 5.28. The van der Waals surface area contributed by atoms with Crippen LogP contribution in [-0.4, -0.2) is 18.8 Å². The lowest BCUT2D eigenvalue weighted by molar-refractivity contribution is -0.114. The molecule has 0 aromatic carbocycles. The highest BCUT2D eigenvalue weighted by atomic mass is 127. The van der Waals surface area contributed by atoms with Crippen molar-refractivity contribution in [1.82, 2.24) is 5.32 Å². The van der Waals surface area contributed by atoms with Crippen LogP contribution in [0, 0.1) is 9.18 Å². The number of halogens is 1. The van der Waals surface area contributed by atoms with Crippen molar-refractivity contribution in [3.05, 3.63) is 21.7 Å². The molecular weight excluding hydrogens is 329 g/mol. The summed E-state index contributed by atoms with van der Waals surface area (Å²) in [7, 11) is 0. The van der Waals surface area contributed by atoms with Gasteiger partial charge in [0.15, 0.2) is 3.77 Å². The van der Waals surface area contributed by atoms with Crippen LogP contribution in [0.2, 0.25) is 0 Å². The maximum Gasteiger partial charge on any atom is 0.164 e. The van der Waals surface area contributed by atoms with Crippen LogP contribution in [0.25, 0.3) is 0 Å². The Morgan fingerprint density at radius 1 is 1.53 bits per heavy atom. The predicted octanol–water partition coefficient (Wildman–Crippen LogP) is 3.18. The zero-order chi connectivity index (χ0) is 12.5. The fraction of sp³-hybridized carbons (Fsp3) is 0.692. The third-order valence-electron chi connectivity index (χ3n) is 3.70. The summed E-state index contributed by atoms with van der Waals surface area (Å²) in [5.74, 6) is 1.00. The number of furan rings is 1. The van der Waals surface area contributed by atoms with E-state index in [1.165, 1.54) is 0 Å². The van der Waals surface area contributed by atoms with Crippen molar-refractivity contribution < 1.29 is 9.15 Å². The van der Waals surface area contributed by atoms with E-state index in [-0.39, 0.29) is 5.41 Å². The van der Waals surface area contributed by atoms with Gasteiger partial charge in [0.1, 0.15) is 5.76 Å². The van der Waals surface area contributed by atoms with Crippen molar-refractivity contribution in [2.45, 2.75) is 45.9 Å². The SMILES string of the molecule is CCOC1CC(NCc2ccc(I)o2)C1(C)C. The van der Waals surface area contributed by atoms with Crippen molar-refractivity contribution in [1.29, 1.82) is 0 Å². The molecule has 1 aromatic rings.